The number of anilines is 1. The molecular formula is C13H17N3O5. The molecule has 0 aromatic carbocycles. The van der Waals surface area contributed by atoms with Crippen molar-refractivity contribution in [2.75, 3.05) is 12.3 Å². The average molecular weight is 295 g/mol. The Morgan fingerprint density at radius 1 is 1.67 bits per heavy atom. The number of nitrogens with two attached hydrogens (primary N) is 1. The van der Waals surface area contributed by atoms with Gasteiger partial charge in [-0.25, -0.2) is 4.79 Å². The molecule has 5 atom stereocenters. The minimum absolute atomic E-state index is 0.0229. The summed E-state index contributed by atoms with van der Waals surface area (Å²) in [4.78, 5) is 15.3. The third kappa shape index (κ3) is 2.30. The molecular weight excluding hydrogens is 278 g/mol. The van der Waals surface area contributed by atoms with E-state index in [4.69, 9.17) is 16.9 Å². The van der Waals surface area contributed by atoms with Gasteiger partial charge in [0, 0.05) is 6.20 Å². The van der Waals surface area contributed by atoms with Crippen LogP contribution in [-0.4, -0.2) is 49.3 Å². The van der Waals surface area contributed by atoms with Gasteiger partial charge in [0.25, 0.3) is 0 Å². The van der Waals surface area contributed by atoms with Crippen LogP contribution in [0.2, 0.25) is 0 Å². The van der Waals surface area contributed by atoms with Crippen molar-refractivity contribution in [2.24, 2.45) is 5.92 Å². The van der Waals surface area contributed by atoms with Crippen LogP contribution in [0.1, 0.15) is 13.2 Å². The molecule has 2 heterocycles. The number of terminal acetylenes is 1. The summed E-state index contributed by atoms with van der Waals surface area (Å²) in [5.41, 5.74) is 3.10. The van der Waals surface area contributed by atoms with Crippen molar-refractivity contribution in [1.82, 2.24) is 9.55 Å². The largest absolute Gasteiger partial charge is 0.393 e. The van der Waals surface area contributed by atoms with E-state index in [1.54, 1.807) is 6.92 Å². The molecule has 0 radical (unpaired) electrons. The number of hydrogen-bond acceptors (Lipinski definition) is 7. The smallest absolute Gasteiger partial charge is 0.351 e. The molecule has 3 unspecified atom stereocenters. The maximum atomic E-state index is 11.8. The highest BCUT2D eigenvalue weighted by atomic mass is 16.6. The number of aliphatic hydroxyl groups is 3. The van der Waals surface area contributed by atoms with Gasteiger partial charge >= 0.3 is 5.69 Å². The summed E-state index contributed by atoms with van der Waals surface area (Å²) in [6.07, 6.45) is 2.49. The number of nitrogens with zero attached hydrogens (tertiary/aromatic N) is 2. The van der Waals surface area contributed by atoms with Gasteiger partial charge in [-0.05, 0) is 13.0 Å². The Kier molecular flexibility index (Phi) is 4.02. The molecule has 2 rings (SSSR count). The number of aromatic nitrogens is 2. The van der Waals surface area contributed by atoms with E-state index < -0.39 is 42.3 Å². The van der Waals surface area contributed by atoms with Gasteiger partial charge in [-0.2, -0.15) is 4.98 Å². The van der Waals surface area contributed by atoms with Crippen molar-refractivity contribution < 1.29 is 20.1 Å². The van der Waals surface area contributed by atoms with E-state index in [0.717, 1.165) is 4.57 Å². The van der Waals surface area contributed by atoms with Crippen molar-refractivity contribution >= 4 is 5.82 Å². The second kappa shape index (κ2) is 5.46. The van der Waals surface area contributed by atoms with Gasteiger partial charge in [0.1, 0.15) is 23.6 Å². The van der Waals surface area contributed by atoms with Gasteiger partial charge in [0.05, 0.1) is 12.5 Å². The summed E-state index contributed by atoms with van der Waals surface area (Å²) in [6, 6.07) is 1.35. The van der Waals surface area contributed by atoms with Crippen LogP contribution in [0.4, 0.5) is 5.82 Å². The fraction of sp³-hybridized carbons (Fsp3) is 0.538. The first-order chi connectivity index (χ1) is 9.87. The van der Waals surface area contributed by atoms with Crippen LogP contribution < -0.4 is 11.4 Å². The number of rotatable bonds is 3. The van der Waals surface area contributed by atoms with Gasteiger partial charge in [-0.1, -0.05) is 0 Å². The Hall–Kier alpha value is -1.92. The van der Waals surface area contributed by atoms with E-state index in [-0.39, 0.29) is 5.82 Å². The summed E-state index contributed by atoms with van der Waals surface area (Å²) < 4.78 is 6.56. The predicted molar refractivity (Wildman–Crippen MR) is 72.9 cm³/mol. The first-order valence-corrected chi connectivity index (χ1v) is 6.33. The van der Waals surface area contributed by atoms with Crippen molar-refractivity contribution in [3.63, 3.8) is 0 Å². The molecule has 1 saturated heterocycles. The Balaban J connectivity index is 2.45. The summed E-state index contributed by atoms with van der Waals surface area (Å²) in [5, 5.41) is 29.9. The molecule has 0 aliphatic carbocycles. The van der Waals surface area contributed by atoms with E-state index in [2.05, 4.69) is 10.9 Å². The molecule has 5 N–H and O–H groups in total. The lowest BCUT2D eigenvalue weighted by atomic mass is 9.84. The summed E-state index contributed by atoms with van der Waals surface area (Å²) in [5.74, 6) is 1.70. The van der Waals surface area contributed by atoms with E-state index in [0.29, 0.717) is 0 Å². The molecule has 0 saturated carbocycles. The van der Waals surface area contributed by atoms with Crippen molar-refractivity contribution in [3.8, 4) is 12.3 Å². The third-order valence-corrected chi connectivity index (χ3v) is 3.81. The van der Waals surface area contributed by atoms with Crippen molar-refractivity contribution in [3.05, 3.63) is 22.7 Å². The zero-order chi connectivity index (χ0) is 15.8. The summed E-state index contributed by atoms with van der Waals surface area (Å²) in [7, 11) is 0. The lowest BCUT2D eigenvalue weighted by molar-refractivity contribution is -0.146. The van der Waals surface area contributed by atoms with Crippen LogP contribution in [-0.2, 0) is 4.74 Å². The van der Waals surface area contributed by atoms with Gasteiger partial charge in [-0.3, -0.25) is 4.57 Å². The van der Waals surface area contributed by atoms with Gasteiger partial charge in [0.2, 0.25) is 0 Å². The summed E-state index contributed by atoms with van der Waals surface area (Å²) in [6.45, 7) is 0.961. The highest BCUT2D eigenvalue weighted by Crippen LogP contribution is 2.40. The van der Waals surface area contributed by atoms with Crippen molar-refractivity contribution in [2.45, 2.75) is 31.0 Å². The monoisotopic (exact) mass is 295 g/mol. The van der Waals surface area contributed by atoms with Crippen LogP contribution in [0.5, 0.6) is 0 Å². The molecule has 8 nitrogen and oxygen atoms in total. The molecule has 8 heteroatoms. The topological polar surface area (TPSA) is 131 Å². The molecule has 1 aliphatic rings. The second-order valence-corrected chi connectivity index (χ2v) is 4.99. The lowest BCUT2D eigenvalue weighted by Gasteiger charge is -2.33. The summed E-state index contributed by atoms with van der Waals surface area (Å²) >= 11 is 0. The van der Waals surface area contributed by atoms with Crippen LogP contribution in [0, 0.1) is 18.3 Å². The Labute approximate surface area is 120 Å². The molecule has 1 aromatic heterocycles. The highest BCUT2D eigenvalue weighted by molar-refractivity contribution is 5.24. The van der Waals surface area contributed by atoms with Gasteiger partial charge in [0.15, 0.2) is 6.23 Å². The maximum Gasteiger partial charge on any atom is 0.351 e. The molecule has 1 aromatic rings. The van der Waals surface area contributed by atoms with Crippen LogP contribution in [0.3, 0.4) is 0 Å². The maximum absolute atomic E-state index is 11.8. The van der Waals surface area contributed by atoms with Crippen LogP contribution >= 0.6 is 0 Å². The first-order valence-electron chi connectivity index (χ1n) is 6.33. The number of ether oxygens (including phenoxy) is 1. The fourth-order valence-electron chi connectivity index (χ4n) is 2.42. The highest BCUT2D eigenvalue weighted by Gasteiger charge is 2.57. The molecule has 0 bridgehead atoms. The zero-order valence-corrected chi connectivity index (χ0v) is 11.4. The second-order valence-electron chi connectivity index (χ2n) is 4.99. The van der Waals surface area contributed by atoms with Crippen LogP contribution in [0.25, 0.3) is 0 Å². The predicted octanol–water partition coefficient (Wildman–Crippen LogP) is -1.92. The standard InChI is InChI=1S/C13H17N3O5/c1-3-7(2)13(6-17)10(19)9(18)11(21-13)16-5-4-8(14)15-12(16)20/h1,4-5,7,9-11,17-19H,6H2,2H3,(H2,14,15,20)/t7?,9?,10?,11-,13+/m1/s1. The molecule has 0 spiro atoms. The Morgan fingerprint density at radius 2 is 2.33 bits per heavy atom. The van der Waals surface area contributed by atoms with Crippen molar-refractivity contribution in [1.29, 1.82) is 0 Å². The first kappa shape index (κ1) is 15.5. The Morgan fingerprint density at radius 3 is 2.86 bits per heavy atom. The Bertz CT molecular complexity index is 625. The fourth-order valence-corrected chi connectivity index (χ4v) is 2.42. The average Bonchev–Trinajstić information content (AvgIpc) is 2.72. The van der Waals surface area contributed by atoms with E-state index in [1.807, 2.05) is 0 Å². The molecule has 0 amide bonds. The van der Waals surface area contributed by atoms with Gasteiger partial charge in [-0.15, -0.1) is 12.3 Å². The third-order valence-electron chi connectivity index (χ3n) is 3.81. The number of hydrogen-bond donors (Lipinski definition) is 4. The minimum Gasteiger partial charge on any atom is -0.393 e. The SMILES string of the molecule is C#CC(C)[C@]1(CO)O[C@@H](n2ccc(N)nc2=O)C(O)C1O. The van der Waals surface area contributed by atoms with E-state index in [9.17, 15) is 20.1 Å². The van der Waals surface area contributed by atoms with Crippen LogP contribution in [0.15, 0.2) is 17.1 Å². The normalized spacial score (nSPS) is 33.6. The zero-order valence-electron chi connectivity index (χ0n) is 11.4. The van der Waals surface area contributed by atoms with E-state index >= 15 is 0 Å². The molecule has 1 aliphatic heterocycles. The van der Waals surface area contributed by atoms with E-state index in [1.165, 1.54) is 12.3 Å². The van der Waals surface area contributed by atoms with Gasteiger partial charge < -0.3 is 25.8 Å². The molecule has 1 fully saturated rings. The number of aliphatic hydroxyl groups excluding tert-OH is 3. The lowest BCUT2D eigenvalue weighted by Crippen LogP contribution is -2.50. The quantitative estimate of drug-likeness (QED) is 0.478. The molecule has 21 heavy (non-hydrogen) atoms. The molecule has 114 valence electrons. The minimum atomic E-state index is -1.56. The number of nitrogen functional groups attached to an aromatic ring is 1.